The Hall–Kier alpha value is -1.39. The predicted octanol–water partition coefficient (Wildman–Crippen LogP) is 1.63. The van der Waals surface area contributed by atoms with Crippen molar-refractivity contribution in [3.8, 4) is 0 Å². The highest BCUT2D eigenvalue weighted by atomic mass is 16.3. The summed E-state index contributed by atoms with van der Waals surface area (Å²) < 4.78 is 0. The van der Waals surface area contributed by atoms with Crippen LogP contribution in [0.2, 0.25) is 0 Å². The number of rotatable bonds is 5. The summed E-state index contributed by atoms with van der Waals surface area (Å²) in [6, 6.07) is 10.6. The summed E-state index contributed by atoms with van der Waals surface area (Å²) in [6.45, 7) is 0.777. The topological polar surface area (TPSA) is 61.4 Å². The van der Waals surface area contributed by atoms with Gasteiger partial charge in [-0.1, -0.05) is 36.8 Å². The summed E-state index contributed by atoms with van der Waals surface area (Å²) >= 11 is 0. The van der Waals surface area contributed by atoms with Gasteiger partial charge in [0.05, 0.1) is 12.1 Å². The first-order valence-electron chi connectivity index (χ1n) is 8.91. The van der Waals surface area contributed by atoms with Crippen LogP contribution >= 0.6 is 0 Å². The van der Waals surface area contributed by atoms with Crippen molar-refractivity contribution in [1.82, 2.24) is 10.6 Å². The Kier molecular flexibility index (Phi) is 3.90. The van der Waals surface area contributed by atoms with Crippen LogP contribution in [0, 0.1) is 11.3 Å². The predicted molar refractivity (Wildman–Crippen MR) is 88.9 cm³/mol. The number of fused-ring (bicyclic) bond motifs is 2. The average molecular weight is 314 g/mol. The number of hydrogen-bond donors (Lipinski definition) is 3. The van der Waals surface area contributed by atoms with Crippen LogP contribution in [-0.2, 0) is 11.2 Å². The van der Waals surface area contributed by atoms with E-state index >= 15 is 0 Å². The molecule has 23 heavy (non-hydrogen) atoms. The molecule has 2 saturated carbocycles. The van der Waals surface area contributed by atoms with E-state index in [1.54, 1.807) is 0 Å². The highest BCUT2D eigenvalue weighted by Gasteiger charge is 2.48. The third-order valence-corrected chi connectivity index (χ3v) is 6.19. The zero-order chi connectivity index (χ0) is 15.9. The lowest BCUT2D eigenvalue weighted by Gasteiger charge is -2.42. The fourth-order valence-corrected chi connectivity index (χ4v) is 4.67. The first kappa shape index (κ1) is 15.2. The van der Waals surface area contributed by atoms with Crippen LogP contribution in [0.1, 0.15) is 37.7 Å². The van der Waals surface area contributed by atoms with Crippen molar-refractivity contribution in [2.45, 2.75) is 56.7 Å². The van der Waals surface area contributed by atoms with E-state index in [2.05, 4.69) is 34.9 Å². The number of carbonyl (C=O) groups is 1. The molecule has 4 atom stereocenters. The minimum atomic E-state index is -0.264. The molecule has 1 aliphatic heterocycles. The Morgan fingerprint density at radius 3 is 2.61 bits per heavy atom. The Labute approximate surface area is 137 Å². The zero-order valence-electron chi connectivity index (χ0n) is 13.5. The lowest BCUT2D eigenvalue weighted by Crippen LogP contribution is -2.53. The van der Waals surface area contributed by atoms with E-state index in [-0.39, 0.29) is 29.5 Å². The van der Waals surface area contributed by atoms with Crippen LogP contribution in [0.25, 0.3) is 0 Å². The molecule has 0 radical (unpaired) electrons. The smallest absolute Gasteiger partial charge is 0.237 e. The molecule has 1 amide bonds. The molecular weight excluding hydrogens is 288 g/mol. The Morgan fingerprint density at radius 1 is 1.26 bits per heavy atom. The van der Waals surface area contributed by atoms with Gasteiger partial charge in [0, 0.05) is 12.6 Å². The number of hydrogen-bond acceptors (Lipinski definition) is 3. The van der Waals surface area contributed by atoms with Crippen LogP contribution in [0.3, 0.4) is 0 Å². The van der Waals surface area contributed by atoms with Crippen molar-refractivity contribution in [1.29, 1.82) is 0 Å². The van der Waals surface area contributed by atoms with Crippen molar-refractivity contribution < 1.29 is 9.90 Å². The normalized spacial score (nSPS) is 34.1. The molecule has 4 heteroatoms. The maximum atomic E-state index is 12.5. The lowest BCUT2D eigenvalue weighted by atomic mass is 9.65. The minimum absolute atomic E-state index is 0.0998. The third kappa shape index (κ3) is 2.90. The summed E-state index contributed by atoms with van der Waals surface area (Å²) in [5.74, 6) is 0.435. The second-order valence-electron chi connectivity index (χ2n) is 7.78. The third-order valence-electron chi connectivity index (χ3n) is 6.19. The molecule has 2 aliphatic carbocycles. The second kappa shape index (κ2) is 5.91. The SMILES string of the molecule is O=C(NCC1(Cc2ccccc2)CCC1)[C@@H]1N[C@@H]2C[C@H]1C[C@H]2O. The molecule has 1 heterocycles. The summed E-state index contributed by atoms with van der Waals surface area (Å²) in [4.78, 5) is 12.5. The molecule has 3 N–H and O–H groups in total. The molecule has 1 aromatic carbocycles. The van der Waals surface area contributed by atoms with Crippen LogP contribution in [-0.4, -0.2) is 35.7 Å². The van der Waals surface area contributed by atoms with E-state index in [1.807, 2.05) is 6.07 Å². The summed E-state index contributed by atoms with van der Waals surface area (Å²) in [5, 5.41) is 16.3. The van der Waals surface area contributed by atoms with Crippen LogP contribution < -0.4 is 10.6 Å². The van der Waals surface area contributed by atoms with Crippen molar-refractivity contribution in [2.24, 2.45) is 11.3 Å². The molecule has 0 aromatic heterocycles. The number of aliphatic hydroxyl groups is 1. The van der Waals surface area contributed by atoms with Crippen molar-refractivity contribution in [3.05, 3.63) is 35.9 Å². The van der Waals surface area contributed by atoms with Gasteiger partial charge in [-0.25, -0.2) is 0 Å². The molecule has 4 nitrogen and oxygen atoms in total. The van der Waals surface area contributed by atoms with Gasteiger partial charge < -0.3 is 15.7 Å². The summed E-state index contributed by atoms with van der Waals surface area (Å²) in [5.41, 5.74) is 1.61. The van der Waals surface area contributed by atoms with Gasteiger partial charge in [0.1, 0.15) is 0 Å². The van der Waals surface area contributed by atoms with E-state index in [1.165, 1.54) is 24.8 Å². The number of nitrogens with one attached hydrogen (secondary N) is 2. The van der Waals surface area contributed by atoms with Gasteiger partial charge in [-0.2, -0.15) is 0 Å². The summed E-state index contributed by atoms with van der Waals surface area (Å²) in [7, 11) is 0. The first-order valence-corrected chi connectivity index (χ1v) is 8.91. The molecule has 2 bridgehead atoms. The fourth-order valence-electron chi connectivity index (χ4n) is 4.67. The van der Waals surface area contributed by atoms with E-state index in [0.29, 0.717) is 5.92 Å². The van der Waals surface area contributed by atoms with Gasteiger partial charge in [0.2, 0.25) is 5.91 Å². The monoisotopic (exact) mass is 314 g/mol. The minimum Gasteiger partial charge on any atom is -0.391 e. The molecule has 0 unspecified atom stereocenters. The van der Waals surface area contributed by atoms with E-state index in [4.69, 9.17) is 0 Å². The van der Waals surface area contributed by atoms with Gasteiger partial charge in [-0.3, -0.25) is 4.79 Å². The maximum absolute atomic E-state index is 12.5. The standard InChI is InChI=1S/C19H26N2O2/c22-16-10-14-9-15(16)21-17(14)18(23)20-12-19(7-4-8-19)11-13-5-2-1-3-6-13/h1-3,5-6,14-17,21-22H,4,7-12H2,(H,20,23)/t14-,15+,16+,17+/m0/s1. The van der Waals surface area contributed by atoms with Crippen molar-refractivity contribution in [3.63, 3.8) is 0 Å². The molecule has 3 aliphatic rings. The fraction of sp³-hybridized carbons (Fsp3) is 0.632. The number of amides is 1. The van der Waals surface area contributed by atoms with E-state index in [9.17, 15) is 9.90 Å². The van der Waals surface area contributed by atoms with Gasteiger partial charge in [0.25, 0.3) is 0 Å². The Bertz CT molecular complexity index is 568. The average Bonchev–Trinajstić information content (AvgIpc) is 3.09. The molecule has 4 rings (SSSR count). The highest BCUT2D eigenvalue weighted by molar-refractivity contribution is 5.82. The Morgan fingerprint density at radius 2 is 2.04 bits per heavy atom. The number of benzene rings is 1. The quantitative estimate of drug-likeness (QED) is 0.774. The first-order chi connectivity index (χ1) is 11.2. The zero-order valence-corrected chi connectivity index (χ0v) is 13.5. The van der Waals surface area contributed by atoms with Crippen molar-refractivity contribution >= 4 is 5.91 Å². The molecule has 0 spiro atoms. The van der Waals surface area contributed by atoms with Gasteiger partial charge in [-0.15, -0.1) is 0 Å². The molecule has 3 fully saturated rings. The molecule has 124 valence electrons. The number of carbonyl (C=O) groups excluding carboxylic acids is 1. The van der Waals surface area contributed by atoms with Gasteiger partial charge in [0.15, 0.2) is 0 Å². The second-order valence-corrected chi connectivity index (χ2v) is 7.78. The number of aliphatic hydroxyl groups excluding tert-OH is 1. The summed E-state index contributed by atoms with van der Waals surface area (Å²) in [6.07, 6.45) is 6.16. The molecule has 1 aromatic rings. The van der Waals surface area contributed by atoms with E-state index in [0.717, 1.165) is 25.8 Å². The van der Waals surface area contributed by atoms with E-state index < -0.39 is 0 Å². The Balaban J connectivity index is 1.33. The van der Waals surface area contributed by atoms with Crippen LogP contribution in [0.4, 0.5) is 0 Å². The highest BCUT2D eigenvalue weighted by Crippen LogP contribution is 2.43. The largest absolute Gasteiger partial charge is 0.391 e. The maximum Gasteiger partial charge on any atom is 0.237 e. The van der Waals surface area contributed by atoms with Crippen LogP contribution in [0.5, 0.6) is 0 Å². The lowest BCUT2D eigenvalue weighted by molar-refractivity contribution is -0.125. The van der Waals surface area contributed by atoms with Gasteiger partial charge >= 0.3 is 0 Å². The molecular formula is C19H26N2O2. The molecule has 1 saturated heterocycles. The van der Waals surface area contributed by atoms with Crippen molar-refractivity contribution in [2.75, 3.05) is 6.54 Å². The van der Waals surface area contributed by atoms with Crippen LogP contribution in [0.15, 0.2) is 30.3 Å². The van der Waals surface area contributed by atoms with Gasteiger partial charge in [-0.05, 0) is 49.0 Å². The number of piperidine rings is 1.